The highest BCUT2D eigenvalue weighted by Gasteiger charge is 2.08. The summed E-state index contributed by atoms with van der Waals surface area (Å²) >= 11 is 14.9. The average Bonchev–Trinajstić information content (AvgIpc) is 2.69. The minimum Gasteiger partial charge on any atom is -0.434 e. The first-order valence-corrected chi connectivity index (χ1v) is 6.38. The number of carbonyl (C=O) groups is 1. The predicted octanol–water partition coefficient (Wildman–Crippen LogP) is 4.99. The zero-order valence-corrected chi connectivity index (χ0v) is 11.9. The van der Waals surface area contributed by atoms with Crippen molar-refractivity contribution in [2.75, 3.05) is 10.6 Å². The van der Waals surface area contributed by atoms with E-state index >= 15 is 0 Å². The molecule has 0 aliphatic heterocycles. The molecule has 18 heavy (non-hydrogen) atoms. The van der Waals surface area contributed by atoms with Crippen LogP contribution in [0.15, 0.2) is 39.4 Å². The van der Waals surface area contributed by atoms with Crippen molar-refractivity contribution in [2.24, 2.45) is 0 Å². The fraction of sp³-hybridized carbons (Fsp3) is 0. The van der Waals surface area contributed by atoms with Crippen LogP contribution in [0.2, 0.25) is 10.0 Å². The van der Waals surface area contributed by atoms with E-state index in [2.05, 4.69) is 26.6 Å². The van der Waals surface area contributed by atoms with Crippen LogP contribution in [-0.4, -0.2) is 6.03 Å². The van der Waals surface area contributed by atoms with Gasteiger partial charge in [-0.15, -0.1) is 0 Å². The van der Waals surface area contributed by atoms with E-state index in [0.717, 1.165) is 0 Å². The number of rotatable bonds is 2. The van der Waals surface area contributed by atoms with Crippen molar-refractivity contribution >= 4 is 56.7 Å². The molecule has 0 fully saturated rings. The van der Waals surface area contributed by atoms with Crippen LogP contribution in [0.5, 0.6) is 0 Å². The van der Waals surface area contributed by atoms with Gasteiger partial charge in [0.1, 0.15) is 0 Å². The van der Waals surface area contributed by atoms with Crippen LogP contribution < -0.4 is 10.6 Å². The van der Waals surface area contributed by atoms with Crippen molar-refractivity contribution in [1.29, 1.82) is 0 Å². The summed E-state index contributed by atoms with van der Waals surface area (Å²) in [4.78, 5) is 11.7. The molecule has 0 spiro atoms. The summed E-state index contributed by atoms with van der Waals surface area (Å²) in [7, 11) is 0. The molecule has 2 N–H and O–H groups in total. The highest BCUT2D eigenvalue weighted by atomic mass is 79.9. The van der Waals surface area contributed by atoms with Crippen LogP contribution in [0, 0.1) is 0 Å². The molecule has 1 aromatic heterocycles. The number of anilines is 2. The molecular weight excluding hydrogens is 343 g/mol. The molecule has 2 amide bonds. The number of hydrogen-bond acceptors (Lipinski definition) is 2. The number of urea groups is 1. The van der Waals surface area contributed by atoms with E-state index in [1.165, 1.54) is 0 Å². The Balaban J connectivity index is 2.05. The lowest BCUT2D eigenvalue weighted by Crippen LogP contribution is -2.19. The highest BCUT2D eigenvalue weighted by molar-refractivity contribution is 9.10. The predicted molar refractivity (Wildman–Crippen MR) is 75.5 cm³/mol. The topological polar surface area (TPSA) is 54.3 Å². The molecule has 2 rings (SSSR count). The first kappa shape index (κ1) is 13.3. The fourth-order valence-electron chi connectivity index (χ4n) is 1.24. The van der Waals surface area contributed by atoms with Crippen LogP contribution >= 0.6 is 39.1 Å². The molecule has 0 aliphatic carbocycles. The Morgan fingerprint density at radius 3 is 2.61 bits per heavy atom. The number of benzene rings is 1. The van der Waals surface area contributed by atoms with Crippen molar-refractivity contribution in [3.8, 4) is 0 Å². The molecule has 1 aromatic carbocycles. The average molecular weight is 350 g/mol. The van der Waals surface area contributed by atoms with Gasteiger partial charge < -0.3 is 9.73 Å². The van der Waals surface area contributed by atoms with Crippen LogP contribution in [0.4, 0.5) is 16.4 Å². The summed E-state index contributed by atoms with van der Waals surface area (Å²) in [6, 6.07) is 7.60. The van der Waals surface area contributed by atoms with E-state index in [0.29, 0.717) is 26.3 Å². The molecule has 0 saturated carbocycles. The number of hydrogen-bond donors (Lipinski definition) is 2. The van der Waals surface area contributed by atoms with Gasteiger partial charge in [0.05, 0.1) is 10.7 Å². The van der Waals surface area contributed by atoms with Crippen LogP contribution in [0.1, 0.15) is 0 Å². The van der Waals surface area contributed by atoms with Gasteiger partial charge in [0.25, 0.3) is 0 Å². The molecule has 0 atom stereocenters. The van der Waals surface area contributed by atoms with Gasteiger partial charge in [-0.2, -0.15) is 0 Å². The molecule has 7 heteroatoms. The van der Waals surface area contributed by atoms with Gasteiger partial charge in [0.2, 0.25) is 5.88 Å². The third-order valence-electron chi connectivity index (χ3n) is 1.99. The van der Waals surface area contributed by atoms with Crippen LogP contribution in [0.3, 0.4) is 0 Å². The second kappa shape index (κ2) is 5.65. The molecule has 0 unspecified atom stereocenters. The highest BCUT2D eigenvalue weighted by Crippen LogP contribution is 2.25. The summed E-state index contributed by atoms with van der Waals surface area (Å²) in [5.74, 6) is 0.317. The summed E-state index contributed by atoms with van der Waals surface area (Å²) in [6.07, 6.45) is 0. The second-order valence-corrected chi connectivity index (χ2v) is 4.93. The van der Waals surface area contributed by atoms with E-state index in [1.54, 1.807) is 30.3 Å². The molecule has 0 saturated heterocycles. The lowest BCUT2D eigenvalue weighted by atomic mass is 10.3. The van der Waals surface area contributed by atoms with Crippen molar-refractivity contribution in [3.05, 3.63) is 45.0 Å². The van der Waals surface area contributed by atoms with Gasteiger partial charge in [0.15, 0.2) is 4.67 Å². The lowest BCUT2D eigenvalue weighted by molar-refractivity contribution is 0.261. The van der Waals surface area contributed by atoms with E-state index < -0.39 is 6.03 Å². The van der Waals surface area contributed by atoms with E-state index in [9.17, 15) is 4.79 Å². The van der Waals surface area contributed by atoms with Crippen LogP contribution in [0.25, 0.3) is 0 Å². The first-order chi connectivity index (χ1) is 8.54. The third-order valence-corrected chi connectivity index (χ3v) is 2.98. The minimum atomic E-state index is -0.471. The number of amides is 2. The van der Waals surface area contributed by atoms with Crippen molar-refractivity contribution < 1.29 is 9.21 Å². The van der Waals surface area contributed by atoms with Gasteiger partial charge in [0, 0.05) is 11.1 Å². The molecule has 4 nitrogen and oxygen atoms in total. The Labute approximate surface area is 121 Å². The SMILES string of the molecule is O=C(Nc1ccc(Br)o1)Nc1cc(Cl)ccc1Cl. The maximum atomic E-state index is 11.7. The van der Waals surface area contributed by atoms with Gasteiger partial charge >= 0.3 is 6.03 Å². The Bertz CT molecular complexity index is 586. The Hall–Kier alpha value is -1.17. The van der Waals surface area contributed by atoms with Crippen LogP contribution in [-0.2, 0) is 0 Å². The van der Waals surface area contributed by atoms with Gasteiger partial charge in [-0.1, -0.05) is 23.2 Å². The fourth-order valence-corrected chi connectivity index (χ4v) is 1.88. The molecule has 0 bridgehead atoms. The standard InChI is InChI=1S/C11H7BrCl2N2O2/c12-9-3-4-10(18-9)16-11(17)15-8-5-6(13)1-2-7(8)14/h1-5H,(H2,15,16,17). The maximum absolute atomic E-state index is 11.7. The molecular formula is C11H7BrCl2N2O2. The van der Waals surface area contributed by atoms with Gasteiger partial charge in [-0.3, -0.25) is 5.32 Å². The minimum absolute atomic E-state index is 0.317. The third kappa shape index (κ3) is 3.41. The summed E-state index contributed by atoms with van der Waals surface area (Å²) in [6.45, 7) is 0. The zero-order chi connectivity index (χ0) is 13.1. The van der Waals surface area contributed by atoms with Crippen molar-refractivity contribution in [1.82, 2.24) is 0 Å². The van der Waals surface area contributed by atoms with E-state index in [-0.39, 0.29) is 0 Å². The second-order valence-electron chi connectivity index (χ2n) is 3.31. The Morgan fingerprint density at radius 2 is 1.94 bits per heavy atom. The molecule has 1 heterocycles. The largest absolute Gasteiger partial charge is 0.434 e. The smallest absolute Gasteiger partial charge is 0.326 e. The summed E-state index contributed by atoms with van der Waals surface area (Å²) < 4.78 is 5.66. The molecule has 94 valence electrons. The number of carbonyl (C=O) groups excluding carboxylic acids is 1. The molecule has 0 radical (unpaired) electrons. The Morgan fingerprint density at radius 1 is 1.17 bits per heavy atom. The van der Waals surface area contributed by atoms with Crippen molar-refractivity contribution in [3.63, 3.8) is 0 Å². The summed E-state index contributed by atoms with van der Waals surface area (Å²) in [5, 5.41) is 5.96. The number of nitrogens with one attached hydrogen (secondary N) is 2. The number of halogens is 3. The summed E-state index contributed by atoms with van der Waals surface area (Å²) in [5.41, 5.74) is 0.423. The van der Waals surface area contributed by atoms with Crippen molar-refractivity contribution in [2.45, 2.75) is 0 Å². The lowest BCUT2D eigenvalue weighted by Gasteiger charge is -2.07. The normalized spacial score (nSPS) is 10.2. The monoisotopic (exact) mass is 348 g/mol. The quantitative estimate of drug-likeness (QED) is 0.802. The van der Waals surface area contributed by atoms with Gasteiger partial charge in [-0.25, -0.2) is 4.79 Å². The van der Waals surface area contributed by atoms with E-state index in [4.69, 9.17) is 27.6 Å². The van der Waals surface area contributed by atoms with E-state index in [1.807, 2.05) is 0 Å². The number of furan rings is 1. The molecule has 0 aliphatic rings. The Kier molecular flexibility index (Phi) is 4.16. The van der Waals surface area contributed by atoms with Gasteiger partial charge in [-0.05, 0) is 40.2 Å². The maximum Gasteiger partial charge on any atom is 0.326 e. The zero-order valence-electron chi connectivity index (χ0n) is 8.84. The molecule has 2 aromatic rings. The first-order valence-electron chi connectivity index (χ1n) is 4.83.